The Balaban J connectivity index is 1.73. The van der Waals surface area contributed by atoms with Gasteiger partial charge in [0.25, 0.3) is 0 Å². The number of terminal acetylenes is 1. The summed E-state index contributed by atoms with van der Waals surface area (Å²) >= 11 is 0. The minimum absolute atomic E-state index is 0.0190. The molecule has 0 aromatic heterocycles. The van der Waals surface area contributed by atoms with Gasteiger partial charge in [0.2, 0.25) is 17.7 Å². The molecule has 9 nitrogen and oxygen atoms in total. The molecule has 0 unspecified atom stereocenters. The van der Waals surface area contributed by atoms with Gasteiger partial charge in [-0.2, -0.15) is 0 Å². The predicted molar refractivity (Wildman–Crippen MR) is 191 cm³/mol. The normalized spacial score (nSPS) is 19.0. The molecule has 4 N–H and O–H groups in total. The molecule has 3 rings (SSSR count). The molecule has 3 amide bonds. The zero-order valence-electron chi connectivity index (χ0n) is 29.7. The van der Waals surface area contributed by atoms with Crippen LogP contribution in [0.2, 0.25) is 0 Å². The number of aliphatic hydroxyl groups excluding tert-OH is 2. The molecule has 1 aromatic carbocycles. The Morgan fingerprint density at radius 3 is 2.29 bits per heavy atom. The van der Waals surface area contributed by atoms with Crippen molar-refractivity contribution in [1.82, 2.24) is 20.4 Å². The maximum absolute atomic E-state index is 13.9. The largest absolute Gasteiger partial charge is 0.390 e. The van der Waals surface area contributed by atoms with Crippen molar-refractivity contribution in [3.05, 3.63) is 35.9 Å². The number of amides is 3. The number of carbonyl (C=O) groups is 3. The lowest BCUT2D eigenvalue weighted by molar-refractivity contribution is -0.137. The van der Waals surface area contributed by atoms with E-state index in [1.54, 1.807) is 11.9 Å². The van der Waals surface area contributed by atoms with E-state index in [1.807, 2.05) is 44.2 Å². The molecule has 0 radical (unpaired) electrons. The summed E-state index contributed by atoms with van der Waals surface area (Å²) in [6.45, 7) is 7.48. The first-order valence-corrected chi connectivity index (χ1v) is 18.5. The minimum Gasteiger partial charge on any atom is -0.390 e. The highest BCUT2D eigenvalue weighted by atomic mass is 16.3. The molecular weight excluding hydrogens is 604 g/mol. The molecule has 1 saturated heterocycles. The molecule has 268 valence electrons. The van der Waals surface area contributed by atoms with Gasteiger partial charge >= 0.3 is 0 Å². The fourth-order valence-electron chi connectivity index (χ4n) is 7.15. The van der Waals surface area contributed by atoms with Gasteiger partial charge in [0.05, 0.1) is 18.1 Å². The molecule has 5 atom stereocenters. The molecule has 9 heteroatoms. The summed E-state index contributed by atoms with van der Waals surface area (Å²) in [6, 6.07) is 8.00. The van der Waals surface area contributed by atoms with Crippen molar-refractivity contribution in [2.24, 2.45) is 17.8 Å². The second-order valence-electron chi connectivity index (χ2n) is 14.7. The Bertz CT molecular complexity index is 1140. The summed E-state index contributed by atoms with van der Waals surface area (Å²) in [5.41, 5.74) is 0.931. The summed E-state index contributed by atoms with van der Waals surface area (Å²) in [6.07, 6.45) is 14.4. The highest BCUT2D eigenvalue weighted by Gasteiger charge is 2.34. The zero-order chi connectivity index (χ0) is 34.9. The fourth-order valence-corrected chi connectivity index (χ4v) is 7.15. The first kappa shape index (κ1) is 39.5. The van der Waals surface area contributed by atoms with Gasteiger partial charge in [-0.25, -0.2) is 0 Å². The second-order valence-corrected chi connectivity index (χ2v) is 14.7. The van der Waals surface area contributed by atoms with Crippen molar-refractivity contribution in [2.75, 3.05) is 33.2 Å². The Labute approximate surface area is 289 Å². The van der Waals surface area contributed by atoms with Crippen molar-refractivity contribution in [3.63, 3.8) is 0 Å². The number of carbonyl (C=O) groups excluding carboxylic acids is 3. The molecule has 1 saturated carbocycles. The summed E-state index contributed by atoms with van der Waals surface area (Å²) in [7, 11) is 1.79. The van der Waals surface area contributed by atoms with E-state index in [0.29, 0.717) is 31.7 Å². The van der Waals surface area contributed by atoms with E-state index in [0.717, 1.165) is 50.9 Å². The first-order valence-electron chi connectivity index (χ1n) is 18.5. The molecule has 1 aliphatic carbocycles. The van der Waals surface area contributed by atoms with Crippen LogP contribution in [0.4, 0.5) is 0 Å². The number of likely N-dealkylation sites (tertiary alicyclic amines) is 1. The molecule has 1 heterocycles. The number of aliphatic hydroxyl groups is 2. The average Bonchev–Trinajstić information content (AvgIpc) is 3.08. The lowest BCUT2D eigenvalue weighted by Gasteiger charge is -2.34. The number of nitrogens with one attached hydrogen (secondary N) is 2. The molecular formula is C39H62N4O5. The molecule has 2 fully saturated rings. The van der Waals surface area contributed by atoms with Gasteiger partial charge in [-0.05, 0) is 69.0 Å². The lowest BCUT2D eigenvalue weighted by Crippen LogP contribution is -2.56. The molecule has 0 bridgehead atoms. The first-order chi connectivity index (χ1) is 23.1. The van der Waals surface area contributed by atoms with Crippen LogP contribution < -0.4 is 10.6 Å². The summed E-state index contributed by atoms with van der Waals surface area (Å²) in [5.74, 6) is 1.50. The van der Waals surface area contributed by atoms with Gasteiger partial charge < -0.3 is 30.6 Å². The lowest BCUT2D eigenvalue weighted by atomic mass is 9.82. The van der Waals surface area contributed by atoms with Crippen LogP contribution in [0.5, 0.6) is 0 Å². The van der Waals surface area contributed by atoms with E-state index in [2.05, 4.69) is 21.5 Å². The van der Waals surface area contributed by atoms with Gasteiger partial charge in [-0.1, -0.05) is 82.7 Å². The molecule has 2 aliphatic rings. The van der Waals surface area contributed by atoms with Crippen molar-refractivity contribution in [3.8, 4) is 12.3 Å². The van der Waals surface area contributed by atoms with E-state index in [4.69, 9.17) is 6.42 Å². The summed E-state index contributed by atoms with van der Waals surface area (Å²) in [4.78, 5) is 45.3. The van der Waals surface area contributed by atoms with E-state index in [1.165, 1.54) is 25.7 Å². The average molecular weight is 667 g/mol. The molecule has 0 spiro atoms. The number of likely N-dealkylation sites (N-methyl/N-ethyl adjacent to an activating group) is 1. The minimum atomic E-state index is -1.13. The van der Waals surface area contributed by atoms with Crippen LogP contribution >= 0.6 is 0 Å². The van der Waals surface area contributed by atoms with E-state index in [9.17, 15) is 24.6 Å². The topological polar surface area (TPSA) is 122 Å². The highest BCUT2D eigenvalue weighted by Crippen LogP contribution is 2.29. The van der Waals surface area contributed by atoms with Gasteiger partial charge in [0, 0.05) is 33.0 Å². The Hall–Kier alpha value is -2.93. The third-order valence-corrected chi connectivity index (χ3v) is 10.1. The number of rotatable bonds is 19. The van der Waals surface area contributed by atoms with Gasteiger partial charge in [0.1, 0.15) is 12.1 Å². The van der Waals surface area contributed by atoms with Crippen LogP contribution in [0, 0.1) is 30.1 Å². The third-order valence-electron chi connectivity index (χ3n) is 10.1. The van der Waals surface area contributed by atoms with Gasteiger partial charge in [-0.15, -0.1) is 12.3 Å². The van der Waals surface area contributed by atoms with Crippen molar-refractivity contribution in [2.45, 2.75) is 128 Å². The van der Waals surface area contributed by atoms with Crippen LogP contribution in [0.15, 0.2) is 30.3 Å². The Morgan fingerprint density at radius 1 is 0.979 bits per heavy atom. The Kier molecular flexibility index (Phi) is 17.5. The molecule has 1 aliphatic heterocycles. The van der Waals surface area contributed by atoms with Crippen molar-refractivity contribution in [1.29, 1.82) is 0 Å². The molecule has 48 heavy (non-hydrogen) atoms. The van der Waals surface area contributed by atoms with E-state index >= 15 is 0 Å². The van der Waals surface area contributed by atoms with E-state index < -0.39 is 36.1 Å². The quantitative estimate of drug-likeness (QED) is 0.164. The van der Waals surface area contributed by atoms with Crippen molar-refractivity contribution < 1.29 is 24.6 Å². The monoisotopic (exact) mass is 666 g/mol. The van der Waals surface area contributed by atoms with Crippen LogP contribution in [0.1, 0.15) is 103 Å². The highest BCUT2D eigenvalue weighted by molar-refractivity contribution is 5.91. The maximum atomic E-state index is 13.9. The number of nitrogens with zero attached hydrogens (tertiary/aromatic N) is 2. The number of piperidine rings is 1. The van der Waals surface area contributed by atoms with Gasteiger partial charge in [0.15, 0.2) is 0 Å². The smallest absolute Gasteiger partial charge is 0.242 e. The second kappa shape index (κ2) is 21.2. The summed E-state index contributed by atoms with van der Waals surface area (Å²) < 4.78 is 0. The third kappa shape index (κ3) is 13.9. The van der Waals surface area contributed by atoms with Crippen LogP contribution in [-0.4, -0.2) is 95.3 Å². The maximum Gasteiger partial charge on any atom is 0.242 e. The van der Waals surface area contributed by atoms with Crippen LogP contribution in [0.3, 0.4) is 0 Å². The SMILES string of the molecule is C#CCC[C@@H](NC(=O)[C@H](CC(=O)N(C)CCN1CCCCC1)Cc1ccccc1)C(=O)N[C@@H](CC1CCCCC1)[C@H](O)[C@H](O)CC(C)C. The molecule has 1 aromatic rings. The number of benzene rings is 1. The summed E-state index contributed by atoms with van der Waals surface area (Å²) in [5, 5.41) is 28.0. The van der Waals surface area contributed by atoms with Crippen LogP contribution in [0.25, 0.3) is 0 Å². The van der Waals surface area contributed by atoms with Crippen molar-refractivity contribution >= 4 is 17.7 Å². The zero-order valence-corrected chi connectivity index (χ0v) is 29.7. The van der Waals surface area contributed by atoms with Gasteiger partial charge in [-0.3, -0.25) is 14.4 Å². The predicted octanol–water partition coefficient (Wildman–Crippen LogP) is 4.30. The Morgan fingerprint density at radius 2 is 1.65 bits per heavy atom. The number of hydrogen-bond acceptors (Lipinski definition) is 6. The van der Waals surface area contributed by atoms with Crippen LogP contribution in [-0.2, 0) is 20.8 Å². The standard InChI is InChI=1S/C39H62N4O5/c1-5-6-20-33(39(48)41-34(27-31-18-12-8-13-19-31)37(46)35(44)25-29(2)3)40-38(47)32(26-30-16-10-7-11-17-30)28-36(45)42(4)23-24-43-21-14-9-15-22-43/h1,7,10-11,16-17,29,31-35,37,44,46H,6,8-9,12-15,18-28H2,2-4H3,(H,40,47)(H,41,48)/t32-,33+,34-,35+,37-/m0/s1. The fraction of sp³-hybridized carbons (Fsp3) is 0.718. The van der Waals surface area contributed by atoms with E-state index in [-0.39, 0.29) is 37.0 Å². The number of hydrogen-bond donors (Lipinski definition) is 4.